The maximum absolute atomic E-state index is 11.2. The lowest BCUT2D eigenvalue weighted by atomic mass is 10.1. The first-order valence-electron chi connectivity index (χ1n) is 6.55. The van der Waals surface area contributed by atoms with Crippen LogP contribution in [0.4, 0.5) is 5.69 Å². The van der Waals surface area contributed by atoms with Crippen LogP contribution < -0.4 is 4.90 Å². The summed E-state index contributed by atoms with van der Waals surface area (Å²) >= 11 is 0. The second-order valence-corrected chi connectivity index (χ2v) is 4.89. The molecule has 0 N–H and O–H groups in total. The molecule has 3 nitrogen and oxygen atoms in total. The van der Waals surface area contributed by atoms with Gasteiger partial charge in [0.25, 0.3) is 0 Å². The van der Waals surface area contributed by atoms with Gasteiger partial charge in [-0.2, -0.15) is 0 Å². The number of hydrogen-bond donors (Lipinski definition) is 0. The highest BCUT2D eigenvalue weighted by Gasteiger charge is 2.06. The smallest absolute Gasteiger partial charge is 0.159 e. The molecule has 0 unspecified atom stereocenters. The van der Waals surface area contributed by atoms with Gasteiger partial charge in [0.2, 0.25) is 0 Å². The number of carbonyl (C=O) groups is 1. The third-order valence-electron chi connectivity index (χ3n) is 2.95. The molecule has 0 saturated carbocycles. The molecule has 1 rings (SSSR count). The van der Waals surface area contributed by atoms with Crippen LogP contribution in [0.25, 0.3) is 0 Å². The molecule has 3 heteroatoms. The zero-order valence-electron chi connectivity index (χ0n) is 11.9. The van der Waals surface area contributed by atoms with E-state index in [1.807, 2.05) is 24.3 Å². The Balaban J connectivity index is 2.75. The maximum Gasteiger partial charge on any atom is 0.159 e. The molecule has 0 fully saturated rings. The van der Waals surface area contributed by atoms with Crippen LogP contribution in [0.1, 0.15) is 30.6 Å². The number of hydrogen-bond acceptors (Lipinski definition) is 3. The summed E-state index contributed by atoms with van der Waals surface area (Å²) in [5, 5.41) is 0. The van der Waals surface area contributed by atoms with Crippen molar-refractivity contribution in [1.82, 2.24) is 4.90 Å². The van der Waals surface area contributed by atoms with Gasteiger partial charge in [0.15, 0.2) is 5.78 Å². The summed E-state index contributed by atoms with van der Waals surface area (Å²) in [4.78, 5) is 15.8. The number of benzene rings is 1. The van der Waals surface area contributed by atoms with Crippen molar-refractivity contribution in [3.05, 3.63) is 29.8 Å². The second kappa shape index (κ2) is 7.17. The fourth-order valence-corrected chi connectivity index (χ4v) is 1.87. The first kappa shape index (κ1) is 14.7. The number of nitrogens with zero attached hydrogens (tertiary/aromatic N) is 2. The second-order valence-electron chi connectivity index (χ2n) is 4.89. The number of anilines is 1. The quantitative estimate of drug-likeness (QED) is 0.693. The third-order valence-corrected chi connectivity index (χ3v) is 2.95. The van der Waals surface area contributed by atoms with E-state index in [0.29, 0.717) is 0 Å². The van der Waals surface area contributed by atoms with Crippen LogP contribution in [0, 0.1) is 0 Å². The summed E-state index contributed by atoms with van der Waals surface area (Å²) in [5.41, 5.74) is 1.98. The van der Waals surface area contributed by atoms with Crippen molar-refractivity contribution in [2.45, 2.75) is 20.3 Å². The highest BCUT2D eigenvalue weighted by Crippen LogP contribution is 2.16. The Kier molecular flexibility index (Phi) is 5.86. The van der Waals surface area contributed by atoms with Gasteiger partial charge >= 0.3 is 0 Å². The summed E-state index contributed by atoms with van der Waals surface area (Å²) in [6.07, 6.45) is 1.13. The fraction of sp³-hybridized carbons (Fsp3) is 0.533. The summed E-state index contributed by atoms with van der Waals surface area (Å²) in [6.45, 7) is 6.89. The van der Waals surface area contributed by atoms with Gasteiger partial charge in [-0.1, -0.05) is 6.92 Å². The van der Waals surface area contributed by atoms with Crippen LogP contribution in [0.15, 0.2) is 24.3 Å². The standard InChI is InChI=1S/C15H24N2O/c1-5-10-17(12-11-16(3)4)15-8-6-14(7-9-15)13(2)18/h6-9H,5,10-12H2,1-4H3. The Labute approximate surface area is 110 Å². The predicted octanol–water partition coefficient (Wildman–Crippen LogP) is 2.67. The molecule has 0 saturated heterocycles. The van der Waals surface area contributed by atoms with Gasteiger partial charge in [0.05, 0.1) is 0 Å². The Morgan fingerprint density at radius 3 is 2.11 bits per heavy atom. The average Bonchev–Trinajstić information content (AvgIpc) is 2.34. The molecule has 0 atom stereocenters. The van der Waals surface area contributed by atoms with Crippen molar-refractivity contribution >= 4 is 11.5 Å². The van der Waals surface area contributed by atoms with Gasteiger partial charge in [-0.3, -0.25) is 4.79 Å². The first-order chi connectivity index (χ1) is 8.54. The number of ketones is 1. The normalized spacial score (nSPS) is 10.7. The summed E-state index contributed by atoms with van der Waals surface area (Å²) in [6, 6.07) is 7.91. The van der Waals surface area contributed by atoms with Crippen molar-refractivity contribution < 1.29 is 4.79 Å². The van der Waals surface area contributed by atoms with Gasteiger partial charge in [0.1, 0.15) is 0 Å². The van der Waals surface area contributed by atoms with Crippen LogP contribution in [0.5, 0.6) is 0 Å². The monoisotopic (exact) mass is 248 g/mol. The molecule has 100 valence electrons. The van der Waals surface area contributed by atoms with E-state index in [-0.39, 0.29) is 5.78 Å². The molecule has 18 heavy (non-hydrogen) atoms. The third kappa shape index (κ3) is 4.49. The highest BCUT2D eigenvalue weighted by atomic mass is 16.1. The molecule has 0 heterocycles. The SMILES string of the molecule is CCCN(CCN(C)C)c1ccc(C(C)=O)cc1. The molecule has 0 aromatic heterocycles. The number of rotatable bonds is 7. The van der Waals surface area contributed by atoms with E-state index in [4.69, 9.17) is 0 Å². The minimum absolute atomic E-state index is 0.122. The molecule has 0 radical (unpaired) electrons. The predicted molar refractivity (Wildman–Crippen MR) is 77.5 cm³/mol. The van der Waals surface area contributed by atoms with Crippen molar-refractivity contribution in [3.8, 4) is 0 Å². The largest absolute Gasteiger partial charge is 0.370 e. The number of likely N-dealkylation sites (N-methyl/N-ethyl adjacent to an activating group) is 1. The molecule has 0 aliphatic heterocycles. The Bertz CT molecular complexity index is 371. The lowest BCUT2D eigenvalue weighted by molar-refractivity contribution is 0.101. The van der Waals surface area contributed by atoms with Gasteiger partial charge < -0.3 is 9.80 Å². The maximum atomic E-state index is 11.2. The summed E-state index contributed by atoms with van der Waals surface area (Å²) < 4.78 is 0. The van der Waals surface area contributed by atoms with Crippen molar-refractivity contribution in [2.75, 3.05) is 38.6 Å². The van der Waals surface area contributed by atoms with E-state index >= 15 is 0 Å². The van der Waals surface area contributed by atoms with Crippen molar-refractivity contribution in [1.29, 1.82) is 0 Å². The lowest BCUT2D eigenvalue weighted by Gasteiger charge is -2.26. The first-order valence-corrected chi connectivity index (χ1v) is 6.55. The van der Waals surface area contributed by atoms with Crippen LogP contribution in [0.2, 0.25) is 0 Å². The lowest BCUT2D eigenvalue weighted by Crippen LogP contribution is -2.32. The van der Waals surface area contributed by atoms with Gasteiger partial charge in [-0.05, 0) is 51.7 Å². The minimum atomic E-state index is 0.122. The van der Waals surface area contributed by atoms with Gasteiger partial charge in [0, 0.05) is 30.9 Å². The molecule has 0 spiro atoms. The molecule has 0 bridgehead atoms. The van der Waals surface area contributed by atoms with Gasteiger partial charge in [-0.15, -0.1) is 0 Å². The van der Waals surface area contributed by atoms with Crippen LogP contribution in [-0.2, 0) is 0 Å². The molecular formula is C15H24N2O. The minimum Gasteiger partial charge on any atom is -0.370 e. The molecule has 0 aliphatic rings. The van der Waals surface area contributed by atoms with E-state index in [0.717, 1.165) is 31.6 Å². The van der Waals surface area contributed by atoms with Gasteiger partial charge in [-0.25, -0.2) is 0 Å². The Morgan fingerprint density at radius 1 is 1.06 bits per heavy atom. The van der Waals surface area contributed by atoms with Crippen molar-refractivity contribution in [2.24, 2.45) is 0 Å². The Hall–Kier alpha value is -1.35. The van der Waals surface area contributed by atoms with Crippen LogP contribution in [0.3, 0.4) is 0 Å². The van der Waals surface area contributed by atoms with E-state index in [1.165, 1.54) is 5.69 Å². The van der Waals surface area contributed by atoms with E-state index < -0.39 is 0 Å². The molecule has 1 aromatic carbocycles. The molecule has 1 aromatic rings. The summed E-state index contributed by atoms with van der Waals surface area (Å²) in [7, 11) is 4.17. The zero-order chi connectivity index (χ0) is 13.5. The molecular weight excluding hydrogens is 224 g/mol. The number of Topliss-reactive ketones (excluding diaryl/α,β-unsaturated/α-hetero) is 1. The highest BCUT2D eigenvalue weighted by molar-refractivity contribution is 5.94. The van der Waals surface area contributed by atoms with E-state index in [1.54, 1.807) is 6.92 Å². The topological polar surface area (TPSA) is 23.6 Å². The summed E-state index contributed by atoms with van der Waals surface area (Å²) in [5.74, 6) is 0.122. The number of carbonyl (C=O) groups excluding carboxylic acids is 1. The molecule has 0 aliphatic carbocycles. The average molecular weight is 248 g/mol. The van der Waals surface area contributed by atoms with E-state index in [9.17, 15) is 4.79 Å². The van der Waals surface area contributed by atoms with Crippen molar-refractivity contribution in [3.63, 3.8) is 0 Å². The zero-order valence-corrected chi connectivity index (χ0v) is 11.9. The fourth-order valence-electron chi connectivity index (χ4n) is 1.87. The molecule has 0 amide bonds. The van der Waals surface area contributed by atoms with Crippen LogP contribution in [-0.4, -0.2) is 44.4 Å². The Morgan fingerprint density at radius 2 is 1.67 bits per heavy atom. The van der Waals surface area contributed by atoms with Crippen LogP contribution >= 0.6 is 0 Å². The van der Waals surface area contributed by atoms with E-state index in [2.05, 4.69) is 30.8 Å².